The van der Waals surface area contributed by atoms with Crippen molar-refractivity contribution in [2.24, 2.45) is 22.7 Å². The van der Waals surface area contributed by atoms with Crippen LogP contribution in [0.2, 0.25) is 0 Å². The van der Waals surface area contributed by atoms with Gasteiger partial charge >= 0.3 is 17.9 Å². The zero-order valence-electron chi connectivity index (χ0n) is 18.4. The van der Waals surface area contributed by atoms with Crippen molar-refractivity contribution < 1.29 is 37.7 Å². The first-order valence-electron chi connectivity index (χ1n) is 10.8. The highest BCUT2D eigenvalue weighted by Gasteiger charge is 2.69. The van der Waals surface area contributed by atoms with Gasteiger partial charge in [0.05, 0.1) is 38.3 Å². The quantitative estimate of drug-likeness (QED) is 0.382. The lowest BCUT2D eigenvalue weighted by atomic mass is 9.48. The average molecular weight is 434 g/mol. The Labute approximate surface area is 181 Å². The number of hydrogen-bond acceptors (Lipinski definition) is 8. The molecule has 0 spiro atoms. The van der Waals surface area contributed by atoms with Gasteiger partial charge in [-0.3, -0.25) is 9.59 Å². The molecule has 2 bridgehead atoms. The van der Waals surface area contributed by atoms with Gasteiger partial charge in [0.2, 0.25) is 0 Å². The molecule has 8 heteroatoms. The zero-order valence-corrected chi connectivity index (χ0v) is 18.4. The van der Waals surface area contributed by atoms with E-state index in [0.717, 1.165) is 5.56 Å². The van der Waals surface area contributed by atoms with E-state index in [1.54, 1.807) is 12.5 Å². The van der Waals surface area contributed by atoms with E-state index in [1.165, 1.54) is 14.0 Å². The fourth-order valence-electron chi connectivity index (χ4n) is 6.42. The van der Waals surface area contributed by atoms with E-state index < -0.39 is 41.0 Å². The molecule has 2 saturated heterocycles. The van der Waals surface area contributed by atoms with Gasteiger partial charge in [0, 0.05) is 17.9 Å². The smallest absolute Gasteiger partial charge is 0.335 e. The highest BCUT2D eigenvalue weighted by molar-refractivity contribution is 5.79. The number of rotatable bonds is 6. The van der Waals surface area contributed by atoms with Crippen LogP contribution in [0, 0.1) is 22.7 Å². The number of carbonyl (C=O) groups is 3. The summed E-state index contributed by atoms with van der Waals surface area (Å²) in [5, 5.41) is 0. The van der Waals surface area contributed by atoms with Crippen LogP contribution in [0.1, 0.15) is 58.1 Å². The first-order chi connectivity index (χ1) is 14.7. The van der Waals surface area contributed by atoms with E-state index in [4.69, 9.17) is 23.4 Å². The Balaban J connectivity index is 1.69. The lowest BCUT2D eigenvalue weighted by molar-refractivity contribution is -0.194. The monoisotopic (exact) mass is 434 g/mol. The van der Waals surface area contributed by atoms with E-state index in [9.17, 15) is 14.4 Å². The predicted molar refractivity (Wildman–Crippen MR) is 107 cm³/mol. The Morgan fingerprint density at radius 2 is 2.00 bits per heavy atom. The molecule has 0 radical (unpaired) electrons. The first-order valence-corrected chi connectivity index (χ1v) is 10.8. The standard InChI is InChI=1S/C23H30O8/c1-13(24)29-8-5-6-17-22(2)10-15(14-7-9-28-12-14)31-20(25)18(22)16-11-23(17,3)19(30-16)21(26)27-4/h7,9,12,15-19H,5-6,8,10-11H2,1-4H3/t15-,16+,17-,18-,19+,22-,23-/m0/s1. The molecule has 2 aliphatic heterocycles. The van der Waals surface area contributed by atoms with Gasteiger partial charge in [-0.2, -0.15) is 0 Å². The summed E-state index contributed by atoms with van der Waals surface area (Å²) in [5.41, 5.74) is -0.147. The minimum atomic E-state index is -0.746. The predicted octanol–water partition coefficient (Wildman–Crippen LogP) is 3.20. The fraction of sp³-hybridized carbons (Fsp3) is 0.696. The summed E-state index contributed by atoms with van der Waals surface area (Å²) in [5.74, 6) is -1.56. The minimum Gasteiger partial charge on any atom is -0.472 e. The van der Waals surface area contributed by atoms with Gasteiger partial charge in [-0.05, 0) is 43.1 Å². The number of cyclic esters (lactones) is 1. The molecule has 3 fully saturated rings. The summed E-state index contributed by atoms with van der Waals surface area (Å²) >= 11 is 0. The lowest BCUT2D eigenvalue weighted by Gasteiger charge is -2.56. The highest BCUT2D eigenvalue weighted by atomic mass is 16.6. The van der Waals surface area contributed by atoms with Gasteiger partial charge < -0.3 is 23.4 Å². The lowest BCUT2D eigenvalue weighted by Crippen LogP contribution is -2.58. The number of ether oxygens (including phenoxy) is 4. The van der Waals surface area contributed by atoms with E-state index in [1.807, 2.05) is 6.07 Å². The number of methoxy groups -OCH3 is 1. The van der Waals surface area contributed by atoms with E-state index >= 15 is 0 Å². The topological polar surface area (TPSA) is 101 Å². The summed E-state index contributed by atoms with van der Waals surface area (Å²) in [4.78, 5) is 37.0. The molecule has 3 aliphatic rings. The summed E-state index contributed by atoms with van der Waals surface area (Å²) in [7, 11) is 1.35. The number of carbonyl (C=O) groups excluding carboxylic acids is 3. The third kappa shape index (κ3) is 3.54. The van der Waals surface area contributed by atoms with Crippen LogP contribution in [0.15, 0.2) is 23.0 Å². The molecule has 3 heterocycles. The van der Waals surface area contributed by atoms with Gasteiger partial charge in [0.1, 0.15) is 6.10 Å². The Hall–Kier alpha value is -2.35. The Morgan fingerprint density at radius 1 is 1.23 bits per heavy atom. The molecular formula is C23H30O8. The first kappa shape index (κ1) is 21.9. The molecule has 1 saturated carbocycles. The second-order valence-corrected chi connectivity index (χ2v) is 9.49. The maximum absolute atomic E-state index is 13.2. The van der Waals surface area contributed by atoms with Crippen molar-refractivity contribution >= 4 is 17.9 Å². The summed E-state index contributed by atoms with van der Waals surface area (Å²) in [6.45, 7) is 5.84. The van der Waals surface area contributed by atoms with Crippen LogP contribution in [-0.2, 0) is 33.3 Å². The zero-order chi connectivity index (χ0) is 22.4. The van der Waals surface area contributed by atoms with E-state index in [0.29, 0.717) is 32.3 Å². The maximum Gasteiger partial charge on any atom is 0.335 e. The van der Waals surface area contributed by atoms with Crippen molar-refractivity contribution in [1.29, 1.82) is 0 Å². The van der Waals surface area contributed by atoms with Gasteiger partial charge in [0.25, 0.3) is 0 Å². The summed E-state index contributed by atoms with van der Waals surface area (Å²) < 4.78 is 27.4. The fourth-order valence-corrected chi connectivity index (χ4v) is 6.42. The van der Waals surface area contributed by atoms with Crippen molar-refractivity contribution in [2.75, 3.05) is 13.7 Å². The normalized spacial score (nSPS) is 38.8. The number of esters is 3. The minimum absolute atomic E-state index is 0.0364. The molecule has 31 heavy (non-hydrogen) atoms. The number of fused-ring (bicyclic) bond motifs is 4. The van der Waals surface area contributed by atoms with Crippen molar-refractivity contribution in [2.45, 2.75) is 64.8 Å². The van der Waals surface area contributed by atoms with Gasteiger partial charge in [0.15, 0.2) is 6.10 Å². The van der Waals surface area contributed by atoms with Crippen molar-refractivity contribution in [3.05, 3.63) is 24.2 Å². The van der Waals surface area contributed by atoms with Gasteiger partial charge in [-0.15, -0.1) is 0 Å². The number of hydrogen-bond donors (Lipinski definition) is 0. The second-order valence-electron chi connectivity index (χ2n) is 9.49. The largest absolute Gasteiger partial charge is 0.472 e. The van der Waals surface area contributed by atoms with Crippen LogP contribution in [-0.4, -0.2) is 43.8 Å². The summed E-state index contributed by atoms with van der Waals surface area (Å²) in [6, 6.07) is 1.81. The Morgan fingerprint density at radius 3 is 2.65 bits per heavy atom. The van der Waals surface area contributed by atoms with Crippen LogP contribution < -0.4 is 0 Å². The third-order valence-corrected chi connectivity index (χ3v) is 7.64. The molecule has 0 amide bonds. The molecule has 1 aromatic rings. The average Bonchev–Trinajstić information content (AvgIpc) is 3.33. The second kappa shape index (κ2) is 7.97. The molecule has 0 aromatic carbocycles. The van der Waals surface area contributed by atoms with E-state index in [-0.39, 0.29) is 17.9 Å². The van der Waals surface area contributed by atoms with Crippen molar-refractivity contribution in [3.63, 3.8) is 0 Å². The molecular weight excluding hydrogens is 404 g/mol. The van der Waals surface area contributed by atoms with Crippen LogP contribution >= 0.6 is 0 Å². The highest BCUT2D eigenvalue weighted by Crippen LogP contribution is 2.66. The van der Waals surface area contributed by atoms with Gasteiger partial charge in [-0.1, -0.05) is 13.8 Å². The molecule has 1 aromatic heterocycles. The molecule has 1 aliphatic carbocycles. The maximum atomic E-state index is 13.2. The SMILES string of the molecule is COC(=O)[C@H]1O[C@@H]2C[C@@]1(C)[C@@H](CCCOC(C)=O)[C@]1(C)C[C@@H](c3ccoc3)OC(=O)[C@H]21. The van der Waals surface area contributed by atoms with Crippen LogP contribution in [0.3, 0.4) is 0 Å². The van der Waals surface area contributed by atoms with E-state index in [2.05, 4.69) is 13.8 Å². The molecule has 0 N–H and O–H groups in total. The van der Waals surface area contributed by atoms with Crippen LogP contribution in [0.5, 0.6) is 0 Å². The number of furan rings is 1. The Kier molecular flexibility index (Phi) is 5.62. The Bertz CT molecular complexity index is 848. The molecule has 0 unspecified atom stereocenters. The molecule has 8 nitrogen and oxygen atoms in total. The van der Waals surface area contributed by atoms with Crippen molar-refractivity contribution in [1.82, 2.24) is 0 Å². The molecule has 4 rings (SSSR count). The van der Waals surface area contributed by atoms with Gasteiger partial charge in [-0.25, -0.2) is 4.79 Å². The third-order valence-electron chi connectivity index (χ3n) is 7.64. The van der Waals surface area contributed by atoms with Crippen LogP contribution in [0.25, 0.3) is 0 Å². The summed E-state index contributed by atoms with van der Waals surface area (Å²) in [6.07, 6.45) is 4.10. The molecule has 170 valence electrons. The van der Waals surface area contributed by atoms with Crippen molar-refractivity contribution in [3.8, 4) is 0 Å². The molecule has 7 atom stereocenters. The van der Waals surface area contributed by atoms with Crippen LogP contribution in [0.4, 0.5) is 0 Å².